The van der Waals surface area contributed by atoms with Crippen LogP contribution in [0.4, 0.5) is 5.95 Å². The summed E-state index contributed by atoms with van der Waals surface area (Å²) < 4.78 is 49.0. The van der Waals surface area contributed by atoms with E-state index in [4.69, 9.17) is 14.2 Å². The molecule has 1 N–H and O–H groups in total. The molecule has 3 aromatic heterocycles. The molecule has 0 spiro atoms. The van der Waals surface area contributed by atoms with E-state index in [0.29, 0.717) is 40.3 Å². The zero-order chi connectivity index (χ0) is 26.7. The summed E-state index contributed by atoms with van der Waals surface area (Å²) in [5.41, 5.74) is 1.39. The van der Waals surface area contributed by atoms with Crippen molar-refractivity contribution < 1.29 is 22.6 Å². The van der Waals surface area contributed by atoms with Gasteiger partial charge < -0.3 is 14.2 Å². The first-order valence-corrected chi connectivity index (χ1v) is 12.8. The molecule has 0 saturated carbocycles. The fourth-order valence-corrected chi connectivity index (χ4v) is 4.96. The summed E-state index contributed by atoms with van der Waals surface area (Å²) in [6.45, 7) is 3.34. The lowest BCUT2D eigenvalue weighted by atomic mass is 10.1. The van der Waals surface area contributed by atoms with Gasteiger partial charge in [0.25, 0.3) is 0 Å². The second kappa shape index (κ2) is 10.4. The van der Waals surface area contributed by atoms with Gasteiger partial charge in [0.1, 0.15) is 22.9 Å². The van der Waals surface area contributed by atoms with E-state index in [1.54, 1.807) is 56.0 Å². The van der Waals surface area contributed by atoms with Gasteiger partial charge in [0, 0.05) is 19.2 Å². The van der Waals surface area contributed by atoms with Crippen LogP contribution in [0.5, 0.6) is 17.4 Å². The Bertz CT molecular complexity index is 1460. The van der Waals surface area contributed by atoms with E-state index in [2.05, 4.69) is 30.0 Å². The number of anilines is 1. The third-order valence-electron chi connectivity index (χ3n) is 5.98. The molecular formula is C23H28N8O5S. The quantitative estimate of drug-likeness (QED) is 0.325. The van der Waals surface area contributed by atoms with Gasteiger partial charge in [0.05, 0.1) is 44.7 Å². The van der Waals surface area contributed by atoms with Gasteiger partial charge in [-0.25, -0.2) is 13.4 Å². The Kier molecular flexibility index (Phi) is 7.29. The molecule has 13 nitrogen and oxygen atoms in total. The highest BCUT2D eigenvalue weighted by molar-refractivity contribution is 7.93. The van der Waals surface area contributed by atoms with Crippen molar-refractivity contribution >= 4 is 16.0 Å². The second-order valence-corrected chi connectivity index (χ2v) is 10.2. The summed E-state index contributed by atoms with van der Waals surface area (Å²) in [5.74, 6) is 0.929. The van der Waals surface area contributed by atoms with Crippen molar-refractivity contribution in [3.63, 3.8) is 0 Å². The lowest BCUT2D eigenvalue weighted by Gasteiger charge is -2.21. The fraction of sp³-hybridized carbons (Fsp3) is 0.348. The number of para-hydroxylation sites is 1. The maximum Gasteiger partial charge on any atom is 0.243 e. The Morgan fingerprint density at radius 3 is 2.19 bits per heavy atom. The van der Waals surface area contributed by atoms with Crippen molar-refractivity contribution in [2.75, 3.05) is 26.1 Å². The number of aromatic nitrogens is 7. The number of sulfonamides is 1. The lowest BCUT2D eigenvalue weighted by molar-refractivity contribution is 0.391. The Hall–Kier alpha value is -4.20. The first-order valence-electron chi connectivity index (χ1n) is 11.2. The number of benzene rings is 1. The molecule has 0 amide bonds. The van der Waals surface area contributed by atoms with E-state index in [1.165, 1.54) is 38.3 Å². The van der Waals surface area contributed by atoms with Crippen molar-refractivity contribution in [2.45, 2.75) is 25.0 Å². The van der Waals surface area contributed by atoms with Crippen LogP contribution in [0.25, 0.3) is 17.2 Å². The SMILES string of the molecule is COc1cnc([C@H](C)[C@@H](C)S(=O)(=O)Nc2nnc(-c3ccn(C)n3)n2-c2c(OC)cccc2OC)cn1. The minimum absolute atomic E-state index is 0.0525. The Balaban J connectivity index is 1.79. The van der Waals surface area contributed by atoms with Gasteiger partial charge in [-0.3, -0.25) is 19.0 Å². The first kappa shape index (κ1) is 25.9. The molecule has 4 aromatic rings. The number of nitrogens with zero attached hydrogens (tertiary/aromatic N) is 7. The molecule has 196 valence electrons. The Morgan fingerprint density at radius 1 is 0.946 bits per heavy atom. The smallest absolute Gasteiger partial charge is 0.243 e. The maximum atomic E-state index is 13.5. The second-order valence-electron chi connectivity index (χ2n) is 8.19. The molecule has 0 aliphatic heterocycles. The molecule has 2 atom stereocenters. The monoisotopic (exact) mass is 528 g/mol. The Labute approximate surface area is 214 Å². The summed E-state index contributed by atoms with van der Waals surface area (Å²) >= 11 is 0. The summed E-state index contributed by atoms with van der Waals surface area (Å²) in [5, 5.41) is 11.9. The van der Waals surface area contributed by atoms with Crippen molar-refractivity contribution in [2.24, 2.45) is 7.05 Å². The van der Waals surface area contributed by atoms with Crippen LogP contribution >= 0.6 is 0 Å². The van der Waals surface area contributed by atoms with E-state index in [9.17, 15) is 8.42 Å². The average molecular weight is 529 g/mol. The molecule has 3 heterocycles. The summed E-state index contributed by atoms with van der Waals surface area (Å²) in [4.78, 5) is 8.43. The van der Waals surface area contributed by atoms with Gasteiger partial charge in [0.15, 0.2) is 5.82 Å². The number of nitrogens with one attached hydrogen (secondary N) is 1. The maximum absolute atomic E-state index is 13.5. The number of aryl methyl sites for hydroxylation is 1. The van der Waals surface area contributed by atoms with Crippen LogP contribution in [-0.4, -0.2) is 69.5 Å². The van der Waals surface area contributed by atoms with Crippen LogP contribution in [0.1, 0.15) is 25.5 Å². The van der Waals surface area contributed by atoms with Crippen LogP contribution < -0.4 is 18.9 Å². The molecular weight excluding hydrogens is 500 g/mol. The lowest BCUT2D eigenvalue weighted by Crippen LogP contribution is -2.31. The number of hydrogen-bond donors (Lipinski definition) is 1. The van der Waals surface area contributed by atoms with E-state index >= 15 is 0 Å². The van der Waals surface area contributed by atoms with E-state index in [0.717, 1.165) is 0 Å². The van der Waals surface area contributed by atoms with Crippen LogP contribution in [-0.2, 0) is 17.1 Å². The standard InChI is InChI=1S/C23H28N8O5S/c1-14(17-12-25-20(36-6)13-24-17)15(2)37(32,33)29-23-27-26-22(16-10-11-30(3)28-16)31(23)21-18(34-4)8-7-9-19(21)35-5/h7-15H,1-6H3,(H,27,29)/t14-,15-/m1/s1. The van der Waals surface area contributed by atoms with Crippen LogP contribution in [0.2, 0.25) is 0 Å². The first-order chi connectivity index (χ1) is 17.7. The Morgan fingerprint density at radius 2 is 1.65 bits per heavy atom. The van der Waals surface area contributed by atoms with Crippen molar-refractivity contribution in [1.29, 1.82) is 0 Å². The van der Waals surface area contributed by atoms with Crippen LogP contribution in [0.3, 0.4) is 0 Å². The molecule has 0 aliphatic rings. The van der Waals surface area contributed by atoms with Gasteiger partial charge >= 0.3 is 0 Å². The highest BCUT2D eigenvalue weighted by Crippen LogP contribution is 2.37. The number of ether oxygens (including phenoxy) is 3. The van der Waals surface area contributed by atoms with Gasteiger partial charge in [-0.15, -0.1) is 10.2 Å². The largest absolute Gasteiger partial charge is 0.494 e. The summed E-state index contributed by atoms with van der Waals surface area (Å²) in [6, 6.07) is 6.96. The highest BCUT2D eigenvalue weighted by Gasteiger charge is 2.32. The normalized spacial score (nSPS) is 13.1. The topological polar surface area (TPSA) is 148 Å². The molecule has 1 aromatic carbocycles. The highest BCUT2D eigenvalue weighted by atomic mass is 32.2. The molecule has 37 heavy (non-hydrogen) atoms. The number of methoxy groups -OCH3 is 3. The van der Waals surface area contributed by atoms with Gasteiger partial charge in [-0.1, -0.05) is 13.0 Å². The zero-order valence-electron chi connectivity index (χ0n) is 21.3. The number of rotatable bonds is 10. The van der Waals surface area contributed by atoms with Crippen LogP contribution in [0, 0.1) is 0 Å². The molecule has 0 bridgehead atoms. The average Bonchev–Trinajstić information content (AvgIpc) is 3.52. The van der Waals surface area contributed by atoms with E-state index < -0.39 is 21.2 Å². The fourth-order valence-electron chi connectivity index (χ4n) is 3.71. The molecule has 14 heteroatoms. The van der Waals surface area contributed by atoms with E-state index in [1.807, 2.05) is 0 Å². The molecule has 0 unspecified atom stereocenters. The summed E-state index contributed by atoms with van der Waals surface area (Å²) in [6.07, 6.45) is 4.69. The molecule has 0 aliphatic carbocycles. The third-order valence-corrected chi connectivity index (χ3v) is 7.84. The molecule has 4 rings (SSSR count). The minimum Gasteiger partial charge on any atom is -0.494 e. The summed E-state index contributed by atoms with van der Waals surface area (Å²) in [7, 11) is 2.27. The number of hydrogen-bond acceptors (Lipinski definition) is 10. The van der Waals surface area contributed by atoms with Crippen LogP contribution in [0.15, 0.2) is 42.9 Å². The van der Waals surface area contributed by atoms with Gasteiger partial charge in [0.2, 0.25) is 21.9 Å². The third kappa shape index (κ3) is 5.05. The minimum atomic E-state index is -3.99. The van der Waals surface area contributed by atoms with Gasteiger partial charge in [-0.2, -0.15) is 5.10 Å². The predicted molar refractivity (Wildman–Crippen MR) is 136 cm³/mol. The molecule has 0 saturated heterocycles. The molecule has 0 radical (unpaired) electrons. The van der Waals surface area contributed by atoms with E-state index in [-0.39, 0.29) is 5.95 Å². The van der Waals surface area contributed by atoms with Crippen molar-refractivity contribution in [3.05, 3.63) is 48.5 Å². The predicted octanol–water partition coefficient (Wildman–Crippen LogP) is 2.42. The van der Waals surface area contributed by atoms with Crippen molar-refractivity contribution in [1.82, 2.24) is 34.5 Å². The van der Waals surface area contributed by atoms with Crippen molar-refractivity contribution in [3.8, 4) is 34.6 Å². The van der Waals surface area contributed by atoms with Gasteiger partial charge in [-0.05, 0) is 25.1 Å². The zero-order valence-corrected chi connectivity index (χ0v) is 22.1. The molecule has 0 fully saturated rings.